The zero-order chi connectivity index (χ0) is 14.9. The van der Waals surface area contributed by atoms with Gasteiger partial charge in [0.15, 0.2) is 0 Å². The number of rotatable bonds is 3. The van der Waals surface area contributed by atoms with Crippen LogP contribution in [0, 0.1) is 13.8 Å². The van der Waals surface area contributed by atoms with Gasteiger partial charge in [-0.05, 0) is 38.5 Å². The van der Waals surface area contributed by atoms with Crippen molar-refractivity contribution in [2.45, 2.75) is 26.8 Å². The first-order chi connectivity index (χ1) is 9.38. The third-order valence-electron chi connectivity index (χ3n) is 2.95. The third-order valence-corrected chi connectivity index (χ3v) is 4.62. The number of nitrogens with one attached hydrogen (secondary N) is 1. The number of thiophene rings is 1. The number of halogens is 2. The van der Waals surface area contributed by atoms with Gasteiger partial charge in [-0.2, -0.15) is 0 Å². The highest BCUT2D eigenvalue weighted by molar-refractivity contribution is 7.12. The molecule has 2 aromatic heterocycles. The van der Waals surface area contributed by atoms with Gasteiger partial charge in [-0.1, -0.05) is 23.2 Å². The first-order valence-electron chi connectivity index (χ1n) is 6.07. The van der Waals surface area contributed by atoms with E-state index in [1.165, 1.54) is 22.0 Å². The van der Waals surface area contributed by atoms with Crippen LogP contribution in [-0.4, -0.2) is 10.9 Å². The molecular formula is C14H14Cl2N2OS. The van der Waals surface area contributed by atoms with E-state index in [1.807, 2.05) is 6.92 Å². The van der Waals surface area contributed by atoms with Crippen molar-refractivity contribution in [3.63, 3.8) is 0 Å². The topological polar surface area (TPSA) is 42.0 Å². The largest absolute Gasteiger partial charge is 0.345 e. The summed E-state index contributed by atoms with van der Waals surface area (Å²) in [4.78, 5) is 18.5. The van der Waals surface area contributed by atoms with Crippen molar-refractivity contribution in [1.29, 1.82) is 0 Å². The van der Waals surface area contributed by atoms with Crippen LogP contribution in [0.2, 0.25) is 10.2 Å². The van der Waals surface area contributed by atoms with Crippen LogP contribution in [0.25, 0.3) is 0 Å². The normalized spacial score (nSPS) is 12.2. The van der Waals surface area contributed by atoms with E-state index in [0.29, 0.717) is 5.56 Å². The van der Waals surface area contributed by atoms with Crippen LogP contribution in [0.5, 0.6) is 0 Å². The molecule has 0 saturated heterocycles. The Morgan fingerprint density at radius 3 is 2.60 bits per heavy atom. The number of hydrogen-bond acceptors (Lipinski definition) is 3. The minimum atomic E-state index is -0.216. The molecule has 0 aliphatic rings. The van der Waals surface area contributed by atoms with Gasteiger partial charge in [-0.25, -0.2) is 4.98 Å². The van der Waals surface area contributed by atoms with Crippen LogP contribution >= 0.6 is 34.5 Å². The number of hydrogen-bond donors (Lipinski definition) is 1. The molecule has 3 nitrogen and oxygen atoms in total. The maximum atomic E-state index is 12.2. The molecule has 0 aliphatic heterocycles. The number of pyridine rings is 1. The summed E-state index contributed by atoms with van der Waals surface area (Å²) in [5.74, 6) is -0.216. The minimum absolute atomic E-state index is 0.0677. The SMILES string of the molecule is Cc1cc(C(C)NC(=O)c2cnc(Cl)c(Cl)c2)c(C)s1. The summed E-state index contributed by atoms with van der Waals surface area (Å²) in [5.41, 5.74) is 1.53. The van der Waals surface area contributed by atoms with E-state index in [2.05, 4.69) is 30.2 Å². The molecule has 1 N–H and O–H groups in total. The fourth-order valence-corrected chi connectivity index (χ4v) is 3.28. The molecule has 0 spiro atoms. The fourth-order valence-electron chi connectivity index (χ4n) is 1.98. The lowest BCUT2D eigenvalue weighted by Gasteiger charge is -2.14. The molecule has 1 atom stereocenters. The zero-order valence-corrected chi connectivity index (χ0v) is 13.7. The Labute approximate surface area is 131 Å². The molecule has 6 heteroatoms. The molecule has 2 aromatic rings. The van der Waals surface area contributed by atoms with Crippen molar-refractivity contribution in [3.05, 3.63) is 49.4 Å². The maximum absolute atomic E-state index is 12.2. The van der Waals surface area contributed by atoms with E-state index in [9.17, 15) is 4.79 Å². The minimum Gasteiger partial charge on any atom is -0.345 e. The van der Waals surface area contributed by atoms with Gasteiger partial charge in [-0.15, -0.1) is 11.3 Å². The van der Waals surface area contributed by atoms with E-state index in [-0.39, 0.29) is 22.1 Å². The number of aryl methyl sites for hydroxylation is 2. The van der Waals surface area contributed by atoms with Gasteiger partial charge in [0.1, 0.15) is 5.15 Å². The van der Waals surface area contributed by atoms with E-state index in [0.717, 1.165) is 5.56 Å². The highest BCUT2D eigenvalue weighted by atomic mass is 35.5. The Morgan fingerprint density at radius 1 is 1.35 bits per heavy atom. The third kappa shape index (κ3) is 3.32. The average Bonchev–Trinajstić information content (AvgIpc) is 2.71. The smallest absolute Gasteiger partial charge is 0.253 e. The predicted octanol–water partition coefficient (Wildman–Crippen LogP) is 4.56. The van der Waals surface area contributed by atoms with E-state index >= 15 is 0 Å². The van der Waals surface area contributed by atoms with Crippen molar-refractivity contribution in [1.82, 2.24) is 10.3 Å². The highest BCUT2D eigenvalue weighted by Crippen LogP contribution is 2.26. The Balaban J connectivity index is 2.15. The quantitative estimate of drug-likeness (QED) is 0.839. The highest BCUT2D eigenvalue weighted by Gasteiger charge is 2.16. The maximum Gasteiger partial charge on any atom is 0.253 e. The van der Waals surface area contributed by atoms with Crippen molar-refractivity contribution < 1.29 is 4.79 Å². The molecule has 0 aliphatic carbocycles. The molecule has 2 rings (SSSR count). The molecule has 20 heavy (non-hydrogen) atoms. The molecule has 2 heterocycles. The van der Waals surface area contributed by atoms with Gasteiger partial charge in [0.25, 0.3) is 5.91 Å². The van der Waals surface area contributed by atoms with Crippen molar-refractivity contribution in [3.8, 4) is 0 Å². The summed E-state index contributed by atoms with van der Waals surface area (Å²) in [7, 11) is 0. The van der Waals surface area contributed by atoms with Crippen LogP contribution in [0.3, 0.4) is 0 Å². The predicted molar refractivity (Wildman–Crippen MR) is 83.9 cm³/mol. The molecule has 0 radical (unpaired) electrons. The van der Waals surface area contributed by atoms with Crippen LogP contribution in [0.15, 0.2) is 18.3 Å². The number of amides is 1. The lowest BCUT2D eigenvalue weighted by atomic mass is 10.1. The van der Waals surface area contributed by atoms with Gasteiger partial charge in [-0.3, -0.25) is 4.79 Å². The fraction of sp³-hybridized carbons (Fsp3) is 0.286. The van der Waals surface area contributed by atoms with Gasteiger partial charge in [0.05, 0.1) is 16.6 Å². The van der Waals surface area contributed by atoms with E-state index in [1.54, 1.807) is 11.3 Å². The van der Waals surface area contributed by atoms with E-state index in [4.69, 9.17) is 23.2 Å². The van der Waals surface area contributed by atoms with Crippen molar-refractivity contribution >= 4 is 40.4 Å². The summed E-state index contributed by atoms with van der Waals surface area (Å²) in [6.45, 7) is 6.06. The van der Waals surface area contributed by atoms with Gasteiger partial charge in [0, 0.05) is 16.0 Å². The summed E-state index contributed by atoms with van der Waals surface area (Å²) >= 11 is 13.3. The first kappa shape index (κ1) is 15.3. The summed E-state index contributed by atoms with van der Waals surface area (Å²) in [5, 5.41) is 3.41. The summed E-state index contributed by atoms with van der Waals surface area (Å²) < 4.78 is 0. The standard InChI is InChI=1S/C14H14Cl2N2OS/c1-7-4-11(9(3)20-7)8(2)18-14(19)10-5-12(15)13(16)17-6-10/h4-6,8H,1-3H3,(H,18,19). The Morgan fingerprint density at radius 2 is 2.05 bits per heavy atom. The summed E-state index contributed by atoms with van der Waals surface area (Å²) in [6.07, 6.45) is 1.42. The summed E-state index contributed by atoms with van der Waals surface area (Å²) in [6, 6.07) is 3.55. The molecule has 0 aromatic carbocycles. The van der Waals surface area contributed by atoms with Crippen LogP contribution in [0.4, 0.5) is 0 Å². The monoisotopic (exact) mass is 328 g/mol. The molecule has 0 fully saturated rings. The second-order valence-electron chi connectivity index (χ2n) is 4.56. The second kappa shape index (κ2) is 6.12. The Kier molecular flexibility index (Phi) is 4.68. The lowest BCUT2D eigenvalue weighted by molar-refractivity contribution is 0.0939. The molecule has 1 unspecified atom stereocenters. The van der Waals surface area contributed by atoms with E-state index < -0.39 is 0 Å². The molecule has 1 amide bonds. The zero-order valence-electron chi connectivity index (χ0n) is 11.3. The lowest BCUT2D eigenvalue weighted by Crippen LogP contribution is -2.26. The van der Waals surface area contributed by atoms with Gasteiger partial charge < -0.3 is 5.32 Å². The van der Waals surface area contributed by atoms with Gasteiger partial charge in [0.2, 0.25) is 0 Å². The number of nitrogens with zero attached hydrogens (tertiary/aromatic N) is 1. The second-order valence-corrected chi connectivity index (χ2v) is 6.79. The van der Waals surface area contributed by atoms with Crippen molar-refractivity contribution in [2.75, 3.05) is 0 Å². The average molecular weight is 329 g/mol. The van der Waals surface area contributed by atoms with Crippen LogP contribution < -0.4 is 5.32 Å². The molecule has 106 valence electrons. The molecule has 0 bridgehead atoms. The Hall–Kier alpha value is -1.10. The van der Waals surface area contributed by atoms with Crippen LogP contribution in [0.1, 0.15) is 38.6 Å². The number of carbonyl (C=O) groups excluding carboxylic acids is 1. The first-order valence-corrected chi connectivity index (χ1v) is 7.64. The molecule has 0 saturated carbocycles. The Bertz CT molecular complexity index is 655. The number of carbonyl (C=O) groups is 1. The van der Waals surface area contributed by atoms with Crippen molar-refractivity contribution in [2.24, 2.45) is 0 Å². The van der Waals surface area contributed by atoms with Crippen LogP contribution in [-0.2, 0) is 0 Å². The van der Waals surface area contributed by atoms with Gasteiger partial charge >= 0.3 is 0 Å². The number of aromatic nitrogens is 1. The molecular weight excluding hydrogens is 315 g/mol.